The fraction of sp³-hybridized carbons (Fsp3) is 0.400. The van der Waals surface area contributed by atoms with E-state index >= 15 is 0 Å². The topological polar surface area (TPSA) is 55.8 Å². The molecule has 4 nitrogen and oxygen atoms in total. The SMILES string of the molecule is C=C(C)[C@H]1C[C@H](c2ccc(Cl)cc2)[C@H](CCC)O[C@@H]1c1cc(C(=O)O)ccc1OC. The third kappa shape index (κ3) is 4.71. The van der Waals surface area contributed by atoms with E-state index < -0.39 is 5.97 Å². The second-order valence-electron chi connectivity index (χ2n) is 7.99. The summed E-state index contributed by atoms with van der Waals surface area (Å²) in [4.78, 5) is 11.6. The predicted octanol–water partition coefficient (Wildman–Crippen LogP) is 6.65. The third-order valence-corrected chi connectivity index (χ3v) is 6.18. The molecule has 0 bridgehead atoms. The molecule has 0 radical (unpaired) electrons. The van der Waals surface area contributed by atoms with E-state index in [1.807, 2.05) is 19.1 Å². The minimum Gasteiger partial charge on any atom is -0.496 e. The highest BCUT2D eigenvalue weighted by molar-refractivity contribution is 6.30. The minimum absolute atomic E-state index is 0.00923. The molecule has 4 atom stereocenters. The standard InChI is InChI=1S/C25H29ClO4/c1-5-6-23-20(16-7-10-18(26)11-8-16)14-19(15(2)3)24(30-23)21-13-17(25(27)28)9-12-22(21)29-4/h7-13,19-20,23-24H,2,5-6,14H2,1,3-4H3,(H,27,28)/t19-,20-,23+,24+/m1/s1. The first kappa shape index (κ1) is 22.4. The molecule has 1 aliphatic heterocycles. The molecular formula is C25H29ClO4. The Hall–Kier alpha value is -2.30. The van der Waals surface area contributed by atoms with E-state index in [0.29, 0.717) is 10.8 Å². The Morgan fingerprint density at radius 2 is 1.97 bits per heavy atom. The molecule has 0 aliphatic carbocycles. The Bertz CT molecular complexity index is 906. The van der Waals surface area contributed by atoms with Gasteiger partial charge in [0.05, 0.1) is 24.9 Å². The lowest BCUT2D eigenvalue weighted by Gasteiger charge is -2.43. The van der Waals surface area contributed by atoms with Gasteiger partial charge in [0.15, 0.2) is 0 Å². The van der Waals surface area contributed by atoms with Crippen LogP contribution in [0.5, 0.6) is 5.75 Å². The molecule has 2 aromatic carbocycles. The molecule has 3 rings (SSSR count). The van der Waals surface area contributed by atoms with Crippen molar-refractivity contribution in [3.05, 3.63) is 76.3 Å². The van der Waals surface area contributed by atoms with Crippen molar-refractivity contribution in [1.82, 2.24) is 0 Å². The smallest absolute Gasteiger partial charge is 0.335 e. The maximum atomic E-state index is 11.6. The van der Waals surface area contributed by atoms with Gasteiger partial charge in [-0.05, 0) is 55.7 Å². The summed E-state index contributed by atoms with van der Waals surface area (Å²) in [5, 5.41) is 10.2. The average molecular weight is 429 g/mol. The number of carboxylic acids is 1. The van der Waals surface area contributed by atoms with Gasteiger partial charge in [-0.15, -0.1) is 0 Å². The highest BCUT2D eigenvalue weighted by Crippen LogP contribution is 2.49. The molecule has 1 fully saturated rings. The lowest BCUT2D eigenvalue weighted by molar-refractivity contribution is -0.0930. The minimum atomic E-state index is -0.967. The molecule has 1 heterocycles. The van der Waals surface area contributed by atoms with E-state index in [1.54, 1.807) is 25.3 Å². The van der Waals surface area contributed by atoms with Gasteiger partial charge in [0, 0.05) is 22.4 Å². The van der Waals surface area contributed by atoms with Gasteiger partial charge >= 0.3 is 5.97 Å². The van der Waals surface area contributed by atoms with Crippen molar-refractivity contribution >= 4 is 17.6 Å². The van der Waals surface area contributed by atoms with Crippen LogP contribution in [0.2, 0.25) is 5.02 Å². The van der Waals surface area contributed by atoms with Crippen LogP contribution < -0.4 is 4.74 Å². The molecule has 5 heteroatoms. The molecule has 2 aromatic rings. The first-order chi connectivity index (χ1) is 14.3. The van der Waals surface area contributed by atoms with Crippen molar-refractivity contribution in [2.24, 2.45) is 5.92 Å². The zero-order valence-electron chi connectivity index (χ0n) is 17.7. The van der Waals surface area contributed by atoms with Crippen LogP contribution >= 0.6 is 11.6 Å². The van der Waals surface area contributed by atoms with Crippen molar-refractivity contribution in [2.45, 2.75) is 51.2 Å². The van der Waals surface area contributed by atoms with Crippen LogP contribution in [0.3, 0.4) is 0 Å². The molecule has 0 aromatic heterocycles. The number of halogens is 1. The molecule has 0 spiro atoms. The second kappa shape index (κ2) is 9.67. The Balaban J connectivity index is 2.04. The number of hydrogen-bond acceptors (Lipinski definition) is 3. The van der Waals surface area contributed by atoms with E-state index in [4.69, 9.17) is 21.1 Å². The second-order valence-corrected chi connectivity index (χ2v) is 8.43. The lowest BCUT2D eigenvalue weighted by atomic mass is 9.74. The Labute approximate surface area is 183 Å². The number of hydrogen-bond donors (Lipinski definition) is 1. The quantitative estimate of drug-likeness (QED) is 0.501. The number of carbonyl (C=O) groups is 1. The summed E-state index contributed by atoms with van der Waals surface area (Å²) in [5.41, 5.74) is 3.20. The summed E-state index contributed by atoms with van der Waals surface area (Å²) in [5.74, 6) is -0.0762. The van der Waals surface area contributed by atoms with Crippen LogP contribution in [-0.4, -0.2) is 24.3 Å². The van der Waals surface area contributed by atoms with Crippen molar-refractivity contribution in [3.8, 4) is 5.75 Å². The predicted molar refractivity (Wildman–Crippen MR) is 120 cm³/mol. The van der Waals surface area contributed by atoms with Crippen molar-refractivity contribution in [1.29, 1.82) is 0 Å². The van der Waals surface area contributed by atoms with E-state index in [1.165, 1.54) is 5.56 Å². The van der Waals surface area contributed by atoms with E-state index in [2.05, 4.69) is 25.6 Å². The zero-order chi connectivity index (χ0) is 21.8. The number of aromatic carboxylic acids is 1. The first-order valence-corrected chi connectivity index (χ1v) is 10.7. The maximum absolute atomic E-state index is 11.6. The van der Waals surface area contributed by atoms with E-state index in [0.717, 1.165) is 30.4 Å². The zero-order valence-corrected chi connectivity index (χ0v) is 18.5. The molecular weight excluding hydrogens is 400 g/mol. The van der Waals surface area contributed by atoms with Gasteiger partial charge in [0.2, 0.25) is 0 Å². The monoisotopic (exact) mass is 428 g/mol. The highest BCUT2D eigenvalue weighted by atomic mass is 35.5. The molecule has 0 amide bonds. The van der Waals surface area contributed by atoms with Crippen molar-refractivity contribution in [2.75, 3.05) is 7.11 Å². The third-order valence-electron chi connectivity index (χ3n) is 5.93. The van der Waals surface area contributed by atoms with Gasteiger partial charge in [-0.25, -0.2) is 4.79 Å². The van der Waals surface area contributed by atoms with Gasteiger partial charge in [-0.1, -0.05) is 49.2 Å². The Kier molecular flexibility index (Phi) is 7.22. The number of methoxy groups -OCH3 is 1. The number of benzene rings is 2. The van der Waals surface area contributed by atoms with Crippen molar-refractivity contribution < 1.29 is 19.4 Å². The Morgan fingerprint density at radius 1 is 1.27 bits per heavy atom. The summed E-state index contributed by atoms with van der Waals surface area (Å²) in [7, 11) is 1.60. The fourth-order valence-corrected chi connectivity index (χ4v) is 4.51. The van der Waals surface area contributed by atoms with Crippen LogP contribution in [-0.2, 0) is 4.74 Å². The fourth-order valence-electron chi connectivity index (χ4n) is 4.38. The van der Waals surface area contributed by atoms with Gasteiger partial charge in [-0.3, -0.25) is 0 Å². The summed E-state index contributed by atoms with van der Waals surface area (Å²) in [6.45, 7) is 8.38. The van der Waals surface area contributed by atoms with Crippen LogP contribution in [0.1, 0.15) is 66.6 Å². The van der Waals surface area contributed by atoms with Crippen LogP contribution in [0.25, 0.3) is 0 Å². The molecule has 160 valence electrons. The molecule has 1 saturated heterocycles. The van der Waals surface area contributed by atoms with Gasteiger partial charge in [0.1, 0.15) is 5.75 Å². The summed E-state index contributed by atoms with van der Waals surface area (Å²) < 4.78 is 12.3. The maximum Gasteiger partial charge on any atom is 0.335 e. The summed E-state index contributed by atoms with van der Waals surface area (Å²) >= 11 is 6.10. The van der Waals surface area contributed by atoms with Gasteiger partial charge in [0.25, 0.3) is 0 Å². The first-order valence-electron chi connectivity index (χ1n) is 10.3. The lowest BCUT2D eigenvalue weighted by Crippen LogP contribution is -2.36. The van der Waals surface area contributed by atoms with Gasteiger partial charge in [-0.2, -0.15) is 0 Å². The number of carboxylic acid groups (broad SMARTS) is 1. The summed E-state index contributed by atoms with van der Waals surface area (Å²) in [6, 6.07) is 12.9. The largest absolute Gasteiger partial charge is 0.496 e. The van der Waals surface area contributed by atoms with E-state index in [9.17, 15) is 9.90 Å². The van der Waals surface area contributed by atoms with Crippen LogP contribution in [0.15, 0.2) is 54.6 Å². The van der Waals surface area contributed by atoms with E-state index in [-0.39, 0.29) is 29.6 Å². The van der Waals surface area contributed by atoms with Crippen molar-refractivity contribution in [3.63, 3.8) is 0 Å². The number of rotatable bonds is 7. The summed E-state index contributed by atoms with van der Waals surface area (Å²) in [6.07, 6.45) is 2.47. The van der Waals surface area contributed by atoms with Crippen LogP contribution in [0, 0.1) is 5.92 Å². The molecule has 1 N–H and O–H groups in total. The normalized spacial score (nSPS) is 23.7. The molecule has 0 unspecified atom stereocenters. The molecule has 30 heavy (non-hydrogen) atoms. The number of ether oxygens (including phenoxy) is 2. The molecule has 0 saturated carbocycles. The van der Waals surface area contributed by atoms with Gasteiger partial charge < -0.3 is 14.6 Å². The Morgan fingerprint density at radius 3 is 2.53 bits per heavy atom. The highest BCUT2D eigenvalue weighted by Gasteiger charge is 2.40. The molecule has 1 aliphatic rings. The van der Waals surface area contributed by atoms with Crippen LogP contribution in [0.4, 0.5) is 0 Å². The average Bonchev–Trinajstić information content (AvgIpc) is 2.73.